The first kappa shape index (κ1) is 9.72. The molecule has 4 heteroatoms. The Balaban J connectivity index is 2.39. The number of hydrogen-bond acceptors (Lipinski definition) is 3. The molecule has 0 atom stereocenters. The molecule has 0 spiro atoms. The first-order valence-electron chi connectivity index (χ1n) is 5.24. The second-order valence-electron chi connectivity index (χ2n) is 3.69. The van der Waals surface area contributed by atoms with E-state index in [1.807, 2.05) is 30.3 Å². The van der Waals surface area contributed by atoms with Crippen molar-refractivity contribution in [2.45, 2.75) is 0 Å². The highest BCUT2D eigenvalue weighted by atomic mass is 16.1. The van der Waals surface area contributed by atoms with E-state index < -0.39 is 0 Å². The van der Waals surface area contributed by atoms with Gasteiger partial charge in [0.05, 0.1) is 5.39 Å². The Morgan fingerprint density at radius 3 is 2.65 bits per heavy atom. The number of pyridine rings is 1. The van der Waals surface area contributed by atoms with Gasteiger partial charge in [-0.15, -0.1) is 0 Å². The number of fused-ring (bicyclic) bond motifs is 1. The molecule has 0 radical (unpaired) electrons. The van der Waals surface area contributed by atoms with Crippen LogP contribution in [0.2, 0.25) is 0 Å². The van der Waals surface area contributed by atoms with Crippen molar-refractivity contribution in [3.8, 4) is 11.3 Å². The number of aromatic nitrogens is 3. The lowest BCUT2D eigenvalue weighted by atomic mass is 10.1. The molecule has 0 amide bonds. The monoisotopic (exact) mass is 223 g/mol. The van der Waals surface area contributed by atoms with Gasteiger partial charge in [-0.1, -0.05) is 30.3 Å². The lowest BCUT2D eigenvalue weighted by molar-refractivity contribution is 1.01. The minimum atomic E-state index is -0.193. The Hall–Kier alpha value is -2.49. The van der Waals surface area contributed by atoms with E-state index in [9.17, 15) is 4.79 Å². The highest BCUT2D eigenvalue weighted by Gasteiger charge is 2.07. The van der Waals surface area contributed by atoms with Gasteiger partial charge in [0, 0.05) is 23.3 Å². The van der Waals surface area contributed by atoms with Crippen molar-refractivity contribution >= 4 is 10.8 Å². The maximum Gasteiger partial charge on any atom is 0.272 e. The summed E-state index contributed by atoms with van der Waals surface area (Å²) in [6.07, 6.45) is 3.27. The van der Waals surface area contributed by atoms with Gasteiger partial charge < -0.3 is 0 Å². The number of nitrogens with zero attached hydrogens (tertiary/aromatic N) is 2. The second kappa shape index (κ2) is 3.83. The van der Waals surface area contributed by atoms with Crippen molar-refractivity contribution in [2.24, 2.45) is 0 Å². The van der Waals surface area contributed by atoms with Gasteiger partial charge in [0.2, 0.25) is 0 Å². The minimum Gasteiger partial charge on any atom is -0.267 e. The predicted octanol–water partition coefficient (Wildman–Crippen LogP) is 1.99. The molecule has 3 aromatic rings. The number of hydrogen-bond donors (Lipinski definition) is 1. The highest BCUT2D eigenvalue weighted by molar-refractivity contribution is 5.92. The molecule has 0 unspecified atom stereocenters. The Morgan fingerprint density at radius 1 is 1.00 bits per heavy atom. The third kappa shape index (κ3) is 1.59. The molecule has 0 bridgehead atoms. The number of aromatic amines is 1. The Morgan fingerprint density at radius 2 is 1.82 bits per heavy atom. The average molecular weight is 223 g/mol. The minimum absolute atomic E-state index is 0.193. The lowest BCUT2D eigenvalue weighted by Crippen LogP contribution is -2.09. The van der Waals surface area contributed by atoms with Gasteiger partial charge >= 0.3 is 0 Å². The van der Waals surface area contributed by atoms with Gasteiger partial charge in [-0.05, 0) is 6.07 Å². The van der Waals surface area contributed by atoms with Crippen molar-refractivity contribution in [3.63, 3.8) is 0 Å². The van der Waals surface area contributed by atoms with Crippen LogP contribution in [0.25, 0.3) is 22.0 Å². The summed E-state index contributed by atoms with van der Waals surface area (Å²) in [6, 6.07) is 11.4. The standard InChI is InChI=1S/C13H9N3O/c17-13-10-6-7-14-8-11(10)12(15-16-13)9-4-2-1-3-5-9/h1-8H,(H,16,17). The van der Waals surface area contributed by atoms with E-state index in [-0.39, 0.29) is 5.56 Å². The number of rotatable bonds is 1. The summed E-state index contributed by atoms with van der Waals surface area (Å²) in [4.78, 5) is 15.7. The fourth-order valence-corrected chi connectivity index (χ4v) is 1.82. The summed E-state index contributed by atoms with van der Waals surface area (Å²) in [5.41, 5.74) is 1.51. The van der Waals surface area contributed by atoms with Crippen LogP contribution in [0.5, 0.6) is 0 Å². The molecule has 2 aromatic heterocycles. The molecule has 0 aliphatic rings. The molecule has 17 heavy (non-hydrogen) atoms. The van der Waals surface area contributed by atoms with Crippen LogP contribution in [0, 0.1) is 0 Å². The number of nitrogens with one attached hydrogen (secondary N) is 1. The van der Waals surface area contributed by atoms with Gasteiger partial charge in [0.25, 0.3) is 5.56 Å². The smallest absolute Gasteiger partial charge is 0.267 e. The summed E-state index contributed by atoms with van der Waals surface area (Å²) in [6.45, 7) is 0. The van der Waals surface area contributed by atoms with Crippen LogP contribution in [0.4, 0.5) is 0 Å². The first-order valence-corrected chi connectivity index (χ1v) is 5.24. The molecule has 0 saturated carbocycles. The van der Waals surface area contributed by atoms with Crippen LogP contribution in [0.3, 0.4) is 0 Å². The van der Waals surface area contributed by atoms with E-state index in [4.69, 9.17) is 0 Å². The maximum atomic E-state index is 11.6. The topological polar surface area (TPSA) is 58.6 Å². The van der Waals surface area contributed by atoms with Crippen LogP contribution >= 0.6 is 0 Å². The van der Waals surface area contributed by atoms with Gasteiger partial charge in [0.1, 0.15) is 5.69 Å². The highest BCUT2D eigenvalue weighted by Crippen LogP contribution is 2.22. The van der Waals surface area contributed by atoms with E-state index in [0.717, 1.165) is 16.6 Å². The van der Waals surface area contributed by atoms with E-state index >= 15 is 0 Å². The van der Waals surface area contributed by atoms with E-state index in [2.05, 4.69) is 15.2 Å². The maximum absolute atomic E-state index is 11.6. The molecule has 1 N–H and O–H groups in total. The number of benzene rings is 1. The fraction of sp³-hybridized carbons (Fsp3) is 0. The van der Waals surface area contributed by atoms with E-state index in [0.29, 0.717) is 5.39 Å². The molecule has 2 heterocycles. The normalized spacial score (nSPS) is 10.6. The zero-order valence-electron chi connectivity index (χ0n) is 8.92. The SMILES string of the molecule is O=c1[nH]nc(-c2ccccc2)c2cnccc12. The molecule has 0 fully saturated rings. The van der Waals surface area contributed by atoms with Gasteiger partial charge in [0.15, 0.2) is 0 Å². The molecule has 4 nitrogen and oxygen atoms in total. The van der Waals surface area contributed by atoms with Crippen LogP contribution in [0.1, 0.15) is 0 Å². The molecule has 1 aromatic carbocycles. The zero-order chi connectivity index (χ0) is 11.7. The Kier molecular flexibility index (Phi) is 2.19. The van der Waals surface area contributed by atoms with Crippen molar-refractivity contribution in [3.05, 3.63) is 59.1 Å². The van der Waals surface area contributed by atoms with Crippen molar-refractivity contribution in [1.82, 2.24) is 15.2 Å². The molecule has 0 aliphatic carbocycles. The summed E-state index contributed by atoms with van der Waals surface area (Å²) < 4.78 is 0. The van der Waals surface area contributed by atoms with Gasteiger partial charge in [-0.2, -0.15) is 5.10 Å². The van der Waals surface area contributed by atoms with E-state index in [1.165, 1.54) is 0 Å². The molecular formula is C13H9N3O. The molecule has 0 aliphatic heterocycles. The third-order valence-electron chi connectivity index (χ3n) is 2.64. The van der Waals surface area contributed by atoms with E-state index in [1.54, 1.807) is 18.5 Å². The zero-order valence-corrected chi connectivity index (χ0v) is 8.92. The summed E-state index contributed by atoms with van der Waals surface area (Å²) >= 11 is 0. The summed E-state index contributed by atoms with van der Waals surface area (Å²) in [5, 5.41) is 7.98. The van der Waals surface area contributed by atoms with Crippen LogP contribution < -0.4 is 5.56 Å². The molecule has 3 rings (SSSR count). The van der Waals surface area contributed by atoms with Crippen LogP contribution in [-0.2, 0) is 0 Å². The lowest BCUT2D eigenvalue weighted by Gasteiger charge is -2.03. The fourth-order valence-electron chi connectivity index (χ4n) is 1.82. The van der Waals surface area contributed by atoms with Gasteiger partial charge in [-0.25, -0.2) is 5.10 Å². The van der Waals surface area contributed by atoms with Crippen molar-refractivity contribution in [1.29, 1.82) is 0 Å². The van der Waals surface area contributed by atoms with Crippen molar-refractivity contribution in [2.75, 3.05) is 0 Å². The Bertz CT molecular complexity index is 719. The molecule has 0 saturated heterocycles. The second-order valence-corrected chi connectivity index (χ2v) is 3.69. The summed E-state index contributed by atoms with van der Waals surface area (Å²) in [7, 11) is 0. The largest absolute Gasteiger partial charge is 0.272 e. The quantitative estimate of drug-likeness (QED) is 0.686. The van der Waals surface area contributed by atoms with Crippen molar-refractivity contribution < 1.29 is 0 Å². The number of H-pyrrole nitrogens is 1. The van der Waals surface area contributed by atoms with Gasteiger partial charge in [-0.3, -0.25) is 9.78 Å². The molecular weight excluding hydrogens is 214 g/mol. The van der Waals surface area contributed by atoms with Crippen LogP contribution in [0.15, 0.2) is 53.6 Å². The predicted molar refractivity (Wildman–Crippen MR) is 65.6 cm³/mol. The summed E-state index contributed by atoms with van der Waals surface area (Å²) in [5.74, 6) is 0. The van der Waals surface area contributed by atoms with Crippen LogP contribution in [-0.4, -0.2) is 15.2 Å². The average Bonchev–Trinajstić information content (AvgIpc) is 2.41. The third-order valence-corrected chi connectivity index (χ3v) is 2.64. The Labute approximate surface area is 97.0 Å². The first-order chi connectivity index (χ1) is 8.36. The molecule has 82 valence electrons.